The molecule has 1 rings (SSSR count). The summed E-state index contributed by atoms with van der Waals surface area (Å²) >= 11 is 0. The van der Waals surface area contributed by atoms with E-state index in [4.69, 9.17) is 9.47 Å². The van der Waals surface area contributed by atoms with E-state index >= 15 is 0 Å². The van der Waals surface area contributed by atoms with Gasteiger partial charge in [0.05, 0.1) is 12.5 Å². The molecular formula is C20H36O5. The maximum Gasteiger partial charge on any atom is 0.309 e. The molecule has 0 spiro atoms. The highest BCUT2D eigenvalue weighted by molar-refractivity contribution is 5.75. The van der Waals surface area contributed by atoms with Gasteiger partial charge in [-0.3, -0.25) is 9.59 Å². The average Bonchev–Trinajstić information content (AvgIpc) is 2.87. The van der Waals surface area contributed by atoms with Gasteiger partial charge in [-0.15, -0.1) is 0 Å². The van der Waals surface area contributed by atoms with Gasteiger partial charge in [-0.2, -0.15) is 0 Å². The number of esters is 2. The summed E-state index contributed by atoms with van der Waals surface area (Å²) in [7, 11) is 0. The van der Waals surface area contributed by atoms with Crippen LogP contribution in [0.5, 0.6) is 0 Å². The number of aliphatic hydroxyl groups is 1. The van der Waals surface area contributed by atoms with Crippen LogP contribution in [0.3, 0.4) is 0 Å². The molecule has 0 amide bonds. The Hall–Kier alpha value is -1.10. The van der Waals surface area contributed by atoms with Crippen LogP contribution in [0.4, 0.5) is 0 Å². The van der Waals surface area contributed by atoms with Crippen molar-refractivity contribution in [2.24, 2.45) is 23.7 Å². The van der Waals surface area contributed by atoms with Gasteiger partial charge in [0.1, 0.15) is 6.61 Å². The number of hydrogen-bond acceptors (Lipinski definition) is 5. The molecule has 1 N–H and O–H groups in total. The molecule has 0 aromatic rings. The molecule has 1 aliphatic heterocycles. The number of rotatable bonds is 11. The Morgan fingerprint density at radius 2 is 1.92 bits per heavy atom. The lowest BCUT2D eigenvalue weighted by molar-refractivity contribution is -0.167. The number of carbonyl (C=O) groups excluding carboxylic acids is 2. The van der Waals surface area contributed by atoms with Crippen LogP contribution in [0.2, 0.25) is 0 Å². The van der Waals surface area contributed by atoms with Crippen molar-refractivity contribution in [3.63, 3.8) is 0 Å². The van der Waals surface area contributed by atoms with Gasteiger partial charge in [0.15, 0.2) is 5.60 Å². The quantitative estimate of drug-likeness (QED) is 0.451. The predicted octanol–water partition coefficient (Wildman–Crippen LogP) is 3.72. The first kappa shape index (κ1) is 21.9. The van der Waals surface area contributed by atoms with Crippen LogP contribution in [0, 0.1) is 23.7 Å². The van der Waals surface area contributed by atoms with Crippen molar-refractivity contribution in [3.8, 4) is 0 Å². The zero-order valence-electron chi connectivity index (χ0n) is 16.5. The van der Waals surface area contributed by atoms with Gasteiger partial charge in [-0.25, -0.2) is 0 Å². The summed E-state index contributed by atoms with van der Waals surface area (Å²) in [6.07, 6.45) is 4.37. The monoisotopic (exact) mass is 356 g/mol. The zero-order valence-corrected chi connectivity index (χ0v) is 16.5. The van der Waals surface area contributed by atoms with Gasteiger partial charge in [0.25, 0.3) is 0 Å². The van der Waals surface area contributed by atoms with Crippen LogP contribution in [-0.4, -0.2) is 35.9 Å². The van der Waals surface area contributed by atoms with E-state index in [9.17, 15) is 14.7 Å². The minimum absolute atomic E-state index is 0.0509. The second-order valence-electron chi connectivity index (χ2n) is 8.17. The van der Waals surface area contributed by atoms with E-state index < -0.39 is 5.60 Å². The van der Waals surface area contributed by atoms with E-state index in [-0.39, 0.29) is 31.1 Å². The number of cyclic esters (lactones) is 1. The predicted molar refractivity (Wildman–Crippen MR) is 96.9 cm³/mol. The summed E-state index contributed by atoms with van der Waals surface area (Å²) in [5.41, 5.74) is -1.07. The molecule has 1 saturated heterocycles. The number of unbranched alkanes of at least 4 members (excludes halogenated alkanes) is 2. The highest BCUT2D eigenvalue weighted by Gasteiger charge is 2.48. The van der Waals surface area contributed by atoms with E-state index in [1.807, 2.05) is 0 Å². The minimum atomic E-state index is -1.07. The van der Waals surface area contributed by atoms with E-state index in [1.54, 1.807) is 0 Å². The summed E-state index contributed by atoms with van der Waals surface area (Å²) in [4.78, 5) is 24.1. The number of carbonyl (C=O) groups is 2. The van der Waals surface area contributed by atoms with E-state index in [0.29, 0.717) is 30.6 Å². The molecule has 0 bridgehead atoms. The Morgan fingerprint density at radius 1 is 1.28 bits per heavy atom. The molecule has 146 valence electrons. The molecule has 0 aromatic heterocycles. The van der Waals surface area contributed by atoms with E-state index in [1.165, 1.54) is 0 Å². The molecule has 5 nitrogen and oxygen atoms in total. The number of ether oxygens (including phenoxy) is 2. The molecule has 2 atom stereocenters. The topological polar surface area (TPSA) is 72.8 Å². The minimum Gasteiger partial charge on any atom is -0.461 e. The third-order valence-corrected chi connectivity index (χ3v) is 5.31. The fraction of sp³-hybridized carbons (Fsp3) is 0.900. The highest BCUT2D eigenvalue weighted by Crippen LogP contribution is 2.38. The van der Waals surface area contributed by atoms with Crippen molar-refractivity contribution in [1.29, 1.82) is 0 Å². The summed E-state index contributed by atoms with van der Waals surface area (Å²) in [5.74, 6) is 0.580. The Bertz CT molecular complexity index is 424. The zero-order chi connectivity index (χ0) is 19.0. The van der Waals surface area contributed by atoms with Crippen molar-refractivity contribution in [1.82, 2.24) is 0 Å². The second-order valence-corrected chi connectivity index (χ2v) is 8.17. The lowest BCUT2D eigenvalue weighted by Gasteiger charge is -2.27. The summed E-state index contributed by atoms with van der Waals surface area (Å²) in [6, 6.07) is 0. The van der Waals surface area contributed by atoms with Gasteiger partial charge in [-0.1, -0.05) is 47.5 Å². The van der Waals surface area contributed by atoms with Crippen LogP contribution in [-0.2, 0) is 19.1 Å². The Balaban J connectivity index is 2.61. The van der Waals surface area contributed by atoms with Crippen LogP contribution in [0.1, 0.15) is 73.1 Å². The summed E-state index contributed by atoms with van der Waals surface area (Å²) in [5, 5.41) is 9.76. The lowest BCUT2D eigenvalue weighted by Crippen LogP contribution is -2.39. The highest BCUT2D eigenvalue weighted by atomic mass is 16.6. The molecule has 1 heterocycles. The molecule has 0 radical (unpaired) electrons. The average molecular weight is 357 g/mol. The molecule has 25 heavy (non-hydrogen) atoms. The van der Waals surface area contributed by atoms with Crippen molar-refractivity contribution in [2.45, 2.75) is 78.7 Å². The van der Waals surface area contributed by atoms with Gasteiger partial charge in [0, 0.05) is 12.8 Å². The van der Waals surface area contributed by atoms with Gasteiger partial charge < -0.3 is 14.6 Å². The Labute approximate surface area is 152 Å². The molecule has 0 aliphatic carbocycles. The van der Waals surface area contributed by atoms with Crippen LogP contribution >= 0.6 is 0 Å². The second kappa shape index (κ2) is 10.1. The maximum absolute atomic E-state index is 12.3. The van der Waals surface area contributed by atoms with E-state index in [2.05, 4.69) is 34.6 Å². The van der Waals surface area contributed by atoms with Crippen LogP contribution in [0.25, 0.3) is 0 Å². The third kappa shape index (κ3) is 6.61. The van der Waals surface area contributed by atoms with Crippen LogP contribution < -0.4 is 0 Å². The Morgan fingerprint density at radius 3 is 2.44 bits per heavy atom. The molecule has 5 heteroatoms. The van der Waals surface area contributed by atoms with Gasteiger partial charge in [-0.05, 0) is 30.6 Å². The number of aliphatic hydroxyl groups excluding tert-OH is 1. The SMILES string of the molecule is CCCCCC(=O)OC[C@@]1(CO)C[C@H](CC(C(C)C)C(C)C)C(=O)O1. The fourth-order valence-corrected chi connectivity index (χ4v) is 3.73. The maximum atomic E-state index is 12.3. The lowest BCUT2D eigenvalue weighted by atomic mass is 9.77. The van der Waals surface area contributed by atoms with E-state index in [0.717, 1.165) is 25.7 Å². The van der Waals surface area contributed by atoms with Crippen molar-refractivity contribution >= 4 is 11.9 Å². The smallest absolute Gasteiger partial charge is 0.309 e. The van der Waals surface area contributed by atoms with Crippen molar-refractivity contribution < 1.29 is 24.2 Å². The first-order valence-electron chi connectivity index (χ1n) is 9.74. The number of hydrogen-bond donors (Lipinski definition) is 1. The van der Waals surface area contributed by atoms with Crippen LogP contribution in [0.15, 0.2) is 0 Å². The summed E-state index contributed by atoms with van der Waals surface area (Å²) < 4.78 is 10.8. The van der Waals surface area contributed by atoms with Crippen molar-refractivity contribution in [3.05, 3.63) is 0 Å². The molecular weight excluding hydrogens is 320 g/mol. The standard InChI is InChI=1S/C20H36O5/c1-6-7-8-9-18(22)24-13-20(12-21)11-16(19(23)25-20)10-17(14(2)3)15(4)5/h14-17,21H,6-13H2,1-5H3/t16-,20-/m0/s1. The molecule has 1 aliphatic rings. The fourth-order valence-electron chi connectivity index (χ4n) is 3.73. The molecule has 0 unspecified atom stereocenters. The van der Waals surface area contributed by atoms with Crippen molar-refractivity contribution in [2.75, 3.05) is 13.2 Å². The first-order chi connectivity index (χ1) is 11.7. The van der Waals surface area contributed by atoms with Gasteiger partial charge >= 0.3 is 11.9 Å². The van der Waals surface area contributed by atoms with Gasteiger partial charge in [0.2, 0.25) is 0 Å². The normalized spacial score (nSPS) is 23.6. The third-order valence-electron chi connectivity index (χ3n) is 5.31. The molecule has 0 aromatic carbocycles. The molecule has 1 fully saturated rings. The Kier molecular flexibility index (Phi) is 8.91. The summed E-state index contributed by atoms with van der Waals surface area (Å²) in [6.45, 7) is 10.4. The largest absolute Gasteiger partial charge is 0.461 e. The first-order valence-corrected chi connectivity index (χ1v) is 9.74. The molecule has 0 saturated carbocycles.